The Bertz CT molecular complexity index is 259. The van der Waals surface area contributed by atoms with Crippen molar-refractivity contribution in [3.05, 3.63) is 0 Å². The van der Waals surface area contributed by atoms with Crippen molar-refractivity contribution in [2.45, 2.75) is 42.8 Å². The molecular weight excluding hydrogens is 254 g/mol. The van der Waals surface area contributed by atoms with Crippen LogP contribution in [-0.4, -0.2) is 40.3 Å². The van der Waals surface area contributed by atoms with Gasteiger partial charge in [-0.3, -0.25) is 4.79 Å². The quantitative estimate of drug-likeness (QED) is 0.756. The fourth-order valence-corrected chi connectivity index (χ4v) is 4.75. The largest absolute Gasteiger partial charge is 0.387 e. The minimum absolute atomic E-state index is 0.0277. The SMILES string of the molecule is CCC(O)(C(SC)SC)C1CCCCNC1=O. The second-order valence-electron chi connectivity index (χ2n) is 4.49. The molecule has 1 fully saturated rings. The van der Waals surface area contributed by atoms with Gasteiger partial charge in [0.15, 0.2) is 0 Å². The Morgan fingerprint density at radius 3 is 2.65 bits per heavy atom. The molecule has 2 atom stereocenters. The molecule has 2 N–H and O–H groups in total. The van der Waals surface area contributed by atoms with Gasteiger partial charge in [0, 0.05) is 6.54 Å². The zero-order chi connectivity index (χ0) is 12.9. The lowest BCUT2D eigenvalue weighted by Gasteiger charge is -2.39. The van der Waals surface area contributed by atoms with Crippen LogP contribution in [-0.2, 0) is 4.79 Å². The Morgan fingerprint density at radius 2 is 2.12 bits per heavy atom. The molecule has 1 saturated heterocycles. The van der Waals surface area contributed by atoms with E-state index in [9.17, 15) is 9.90 Å². The van der Waals surface area contributed by atoms with Crippen LogP contribution in [0.5, 0.6) is 0 Å². The second kappa shape index (κ2) is 6.90. The first-order chi connectivity index (χ1) is 8.10. The average molecular weight is 277 g/mol. The van der Waals surface area contributed by atoms with E-state index in [2.05, 4.69) is 5.32 Å². The van der Waals surface area contributed by atoms with Gasteiger partial charge in [-0.05, 0) is 31.8 Å². The lowest BCUT2D eigenvalue weighted by Crippen LogP contribution is -2.51. The molecule has 0 radical (unpaired) electrons. The van der Waals surface area contributed by atoms with Crippen LogP contribution in [0.25, 0.3) is 0 Å². The van der Waals surface area contributed by atoms with Gasteiger partial charge in [0.05, 0.1) is 16.1 Å². The molecule has 5 heteroatoms. The highest BCUT2D eigenvalue weighted by molar-refractivity contribution is 8.16. The first-order valence-corrected chi connectivity index (χ1v) is 8.73. The second-order valence-corrected chi connectivity index (χ2v) is 6.67. The third-order valence-electron chi connectivity index (χ3n) is 3.54. The molecule has 1 aliphatic rings. The summed E-state index contributed by atoms with van der Waals surface area (Å²) in [7, 11) is 0. The van der Waals surface area contributed by atoms with Gasteiger partial charge < -0.3 is 10.4 Å². The van der Waals surface area contributed by atoms with Gasteiger partial charge in [-0.25, -0.2) is 0 Å². The maximum absolute atomic E-state index is 12.1. The van der Waals surface area contributed by atoms with Crippen molar-refractivity contribution in [1.82, 2.24) is 5.32 Å². The number of amides is 1. The minimum Gasteiger partial charge on any atom is -0.387 e. The van der Waals surface area contributed by atoms with E-state index in [0.29, 0.717) is 6.42 Å². The summed E-state index contributed by atoms with van der Waals surface area (Å²) in [6, 6.07) is 0. The number of rotatable bonds is 5. The van der Waals surface area contributed by atoms with Crippen LogP contribution >= 0.6 is 23.5 Å². The molecule has 0 aliphatic carbocycles. The van der Waals surface area contributed by atoms with E-state index in [4.69, 9.17) is 0 Å². The first kappa shape index (κ1) is 15.2. The molecule has 0 saturated carbocycles. The van der Waals surface area contributed by atoms with Crippen LogP contribution in [0.4, 0.5) is 0 Å². The topological polar surface area (TPSA) is 49.3 Å². The molecule has 0 aromatic heterocycles. The van der Waals surface area contributed by atoms with Gasteiger partial charge in [0.2, 0.25) is 5.91 Å². The summed E-state index contributed by atoms with van der Waals surface area (Å²) >= 11 is 3.27. The Kier molecular flexibility index (Phi) is 6.17. The van der Waals surface area contributed by atoms with Crippen molar-refractivity contribution in [2.24, 2.45) is 5.92 Å². The van der Waals surface area contributed by atoms with Gasteiger partial charge in [-0.2, -0.15) is 0 Å². The molecule has 0 spiro atoms. The molecule has 1 heterocycles. The predicted octanol–water partition coefficient (Wildman–Crippen LogP) is 2.10. The Morgan fingerprint density at radius 1 is 1.47 bits per heavy atom. The summed E-state index contributed by atoms with van der Waals surface area (Å²) in [4.78, 5) is 12.1. The molecule has 0 aromatic rings. The van der Waals surface area contributed by atoms with Gasteiger partial charge in [0.25, 0.3) is 0 Å². The zero-order valence-electron chi connectivity index (χ0n) is 10.9. The number of hydrogen-bond acceptors (Lipinski definition) is 4. The van der Waals surface area contributed by atoms with Crippen molar-refractivity contribution in [1.29, 1.82) is 0 Å². The molecule has 17 heavy (non-hydrogen) atoms. The summed E-state index contributed by atoms with van der Waals surface area (Å²) in [6.45, 7) is 2.72. The van der Waals surface area contributed by atoms with Crippen molar-refractivity contribution in [3.8, 4) is 0 Å². The maximum Gasteiger partial charge on any atom is 0.226 e. The van der Waals surface area contributed by atoms with Crippen molar-refractivity contribution >= 4 is 29.4 Å². The van der Waals surface area contributed by atoms with Crippen molar-refractivity contribution in [3.63, 3.8) is 0 Å². The lowest BCUT2D eigenvalue weighted by molar-refractivity contribution is -0.133. The Labute approximate surface area is 112 Å². The number of aliphatic hydroxyl groups is 1. The van der Waals surface area contributed by atoms with Gasteiger partial charge >= 0.3 is 0 Å². The van der Waals surface area contributed by atoms with E-state index in [1.807, 2.05) is 19.4 Å². The lowest BCUT2D eigenvalue weighted by atomic mass is 9.82. The van der Waals surface area contributed by atoms with Gasteiger partial charge in [-0.1, -0.05) is 13.3 Å². The molecule has 1 amide bonds. The van der Waals surface area contributed by atoms with E-state index in [1.165, 1.54) is 0 Å². The number of nitrogens with one attached hydrogen (secondary N) is 1. The van der Waals surface area contributed by atoms with Crippen LogP contribution in [0.2, 0.25) is 0 Å². The summed E-state index contributed by atoms with van der Waals surface area (Å²) < 4.78 is 0.0568. The van der Waals surface area contributed by atoms with Crippen LogP contribution < -0.4 is 5.32 Å². The highest BCUT2D eigenvalue weighted by Gasteiger charge is 2.45. The number of hydrogen-bond donors (Lipinski definition) is 2. The van der Waals surface area contributed by atoms with E-state index < -0.39 is 5.60 Å². The molecule has 3 nitrogen and oxygen atoms in total. The third-order valence-corrected chi connectivity index (χ3v) is 6.37. The molecule has 0 bridgehead atoms. The van der Waals surface area contributed by atoms with Gasteiger partial charge in [-0.15, -0.1) is 23.5 Å². The molecule has 2 unspecified atom stereocenters. The molecule has 100 valence electrons. The molecule has 0 aromatic carbocycles. The average Bonchev–Trinajstić information content (AvgIpc) is 2.55. The normalized spacial score (nSPS) is 25.2. The minimum atomic E-state index is -0.896. The van der Waals surface area contributed by atoms with Crippen LogP contribution in [0.3, 0.4) is 0 Å². The van der Waals surface area contributed by atoms with E-state index in [0.717, 1.165) is 25.8 Å². The Hall–Kier alpha value is 0.130. The Balaban J connectivity index is 2.92. The fraction of sp³-hybridized carbons (Fsp3) is 0.917. The van der Waals surface area contributed by atoms with Crippen LogP contribution in [0, 0.1) is 5.92 Å². The zero-order valence-corrected chi connectivity index (χ0v) is 12.5. The highest BCUT2D eigenvalue weighted by Crippen LogP contribution is 2.40. The van der Waals surface area contributed by atoms with E-state index in [1.54, 1.807) is 23.5 Å². The number of thioether (sulfide) groups is 2. The number of carbonyl (C=O) groups is 1. The summed E-state index contributed by atoms with van der Waals surface area (Å²) in [6.07, 6.45) is 7.45. The summed E-state index contributed by atoms with van der Waals surface area (Å²) in [5, 5.41) is 13.8. The molecule has 1 aliphatic heterocycles. The highest BCUT2D eigenvalue weighted by atomic mass is 32.2. The van der Waals surface area contributed by atoms with Crippen LogP contribution in [0.1, 0.15) is 32.6 Å². The van der Waals surface area contributed by atoms with E-state index in [-0.39, 0.29) is 16.4 Å². The third kappa shape index (κ3) is 3.32. The van der Waals surface area contributed by atoms with Crippen LogP contribution in [0.15, 0.2) is 0 Å². The van der Waals surface area contributed by atoms with Crippen molar-refractivity contribution < 1.29 is 9.90 Å². The standard InChI is InChI=1S/C12H23NO2S2/c1-4-12(15,11(16-2)17-3)9-7-5-6-8-13-10(9)14/h9,11,15H,4-8H2,1-3H3,(H,13,14). The van der Waals surface area contributed by atoms with E-state index >= 15 is 0 Å². The first-order valence-electron chi connectivity index (χ1n) is 6.15. The number of carbonyl (C=O) groups excluding carboxylic acids is 1. The molecular formula is C12H23NO2S2. The smallest absolute Gasteiger partial charge is 0.226 e. The van der Waals surface area contributed by atoms with Gasteiger partial charge in [0.1, 0.15) is 0 Å². The monoisotopic (exact) mass is 277 g/mol. The maximum atomic E-state index is 12.1. The summed E-state index contributed by atoms with van der Waals surface area (Å²) in [5.74, 6) is -0.236. The van der Waals surface area contributed by atoms with Crippen molar-refractivity contribution in [2.75, 3.05) is 19.1 Å². The molecule has 1 rings (SSSR count). The predicted molar refractivity (Wildman–Crippen MR) is 76.4 cm³/mol. The summed E-state index contributed by atoms with van der Waals surface area (Å²) in [5.41, 5.74) is -0.896. The fourth-order valence-electron chi connectivity index (χ4n) is 2.50.